The van der Waals surface area contributed by atoms with Crippen molar-refractivity contribution in [2.75, 3.05) is 19.3 Å². The monoisotopic (exact) mass is 399 g/mol. The van der Waals surface area contributed by atoms with Crippen LogP contribution in [0.2, 0.25) is 0 Å². The molecule has 1 saturated carbocycles. The number of rotatable bonds is 5. The van der Waals surface area contributed by atoms with E-state index in [2.05, 4.69) is 10.4 Å². The second-order valence-electron chi connectivity index (χ2n) is 7.72. The van der Waals surface area contributed by atoms with Crippen LogP contribution in [0, 0.1) is 0 Å². The van der Waals surface area contributed by atoms with E-state index in [4.69, 9.17) is 0 Å². The summed E-state index contributed by atoms with van der Waals surface area (Å²) < 4.78 is 27.7. The molecule has 1 N–H and O–H groups in total. The topological polar surface area (TPSA) is 106 Å². The van der Waals surface area contributed by atoms with Crippen molar-refractivity contribution in [2.45, 2.75) is 63.5 Å². The molecule has 3 rings (SSSR count). The Labute approximate surface area is 159 Å². The van der Waals surface area contributed by atoms with E-state index in [0.717, 1.165) is 38.5 Å². The Morgan fingerprint density at radius 1 is 1.19 bits per heavy atom. The highest BCUT2D eigenvalue weighted by molar-refractivity contribution is 7.88. The number of hydrogen-bond acceptors (Lipinski definition) is 5. The summed E-state index contributed by atoms with van der Waals surface area (Å²) in [5, 5.41) is 7.36. The molecule has 152 valence electrons. The zero-order chi connectivity index (χ0) is 19.6. The first-order valence-electron chi connectivity index (χ1n) is 9.64. The minimum atomic E-state index is -3.27. The second kappa shape index (κ2) is 8.14. The lowest BCUT2D eigenvalue weighted by Gasteiger charge is -2.30. The average molecular weight is 400 g/mol. The Kier molecular flexibility index (Phi) is 6.05. The lowest BCUT2D eigenvalue weighted by Crippen LogP contribution is -2.40. The molecule has 1 aliphatic carbocycles. The Balaban J connectivity index is 1.70. The van der Waals surface area contributed by atoms with E-state index in [-0.39, 0.29) is 30.1 Å². The van der Waals surface area contributed by atoms with Crippen molar-refractivity contribution >= 4 is 15.9 Å². The molecule has 1 aromatic heterocycles. The van der Waals surface area contributed by atoms with Gasteiger partial charge in [-0.15, -0.1) is 0 Å². The van der Waals surface area contributed by atoms with E-state index in [0.29, 0.717) is 18.9 Å². The Morgan fingerprint density at radius 2 is 1.89 bits per heavy atom. The fourth-order valence-electron chi connectivity index (χ4n) is 4.07. The minimum absolute atomic E-state index is 0.105. The van der Waals surface area contributed by atoms with E-state index < -0.39 is 10.0 Å². The molecule has 0 aromatic carbocycles. The maximum absolute atomic E-state index is 12.5. The van der Waals surface area contributed by atoms with Crippen LogP contribution in [-0.2, 0) is 28.4 Å². The van der Waals surface area contributed by atoms with Gasteiger partial charge in [0.1, 0.15) is 12.4 Å². The molecule has 0 unspecified atom stereocenters. The smallest absolute Gasteiger partial charge is 0.346 e. The maximum atomic E-state index is 12.5. The molecule has 1 saturated heterocycles. The number of hydrogen-bond donors (Lipinski definition) is 1. The molecule has 0 radical (unpaired) electrons. The van der Waals surface area contributed by atoms with Crippen molar-refractivity contribution in [1.82, 2.24) is 24.0 Å². The van der Waals surface area contributed by atoms with Gasteiger partial charge in [-0.2, -0.15) is 5.10 Å². The van der Waals surface area contributed by atoms with Gasteiger partial charge in [-0.05, 0) is 25.7 Å². The lowest BCUT2D eigenvalue weighted by molar-refractivity contribution is -0.122. The van der Waals surface area contributed by atoms with Crippen LogP contribution in [-0.4, -0.2) is 58.4 Å². The molecular weight excluding hydrogens is 370 g/mol. The largest absolute Gasteiger partial charge is 0.352 e. The number of aromatic nitrogens is 3. The maximum Gasteiger partial charge on any atom is 0.346 e. The summed E-state index contributed by atoms with van der Waals surface area (Å²) in [4.78, 5) is 24.8. The number of amides is 1. The SMILES string of the molecule is Cn1c([C@@H]2CCCN(S(C)(=O)=O)C2)nn(CC(=O)NC2CCCCC2)c1=O. The van der Waals surface area contributed by atoms with Gasteiger partial charge in [-0.3, -0.25) is 9.36 Å². The molecule has 1 aromatic rings. The third-order valence-electron chi connectivity index (χ3n) is 5.56. The predicted molar refractivity (Wildman–Crippen MR) is 101 cm³/mol. The van der Waals surface area contributed by atoms with Gasteiger partial charge in [0.2, 0.25) is 15.9 Å². The summed E-state index contributed by atoms with van der Waals surface area (Å²) >= 11 is 0. The van der Waals surface area contributed by atoms with Gasteiger partial charge >= 0.3 is 5.69 Å². The zero-order valence-electron chi connectivity index (χ0n) is 16.1. The van der Waals surface area contributed by atoms with Crippen molar-refractivity contribution in [3.63, 3.8) is 0 Å². The minimum Gasteiger partial charge on any atom is -0.352 e. The van der Waals surface area contributed by atoms with Crippen LogP contribution in [0.5, 0.6) is 0 Å². The van der Waals surface area contributed by atoms with Crippen LogP contribution in [0.15, 0.2) is 4.79 Å². The van der Waals surface area contributed by atoms with Crippen LogP contribution in [0.25, 0.3) is 0 Å². The normalized spacial score (nSPS) is 22.7. The van der Waals surface area contributed by atoms with Crippen molar-refractivity contribution in [3.05, 3.63) is 16.3 Å². The molecule has 0 spiro atoms. The molecule has 27 heavy (non-hydrogen) atoms. The molecule has 2 aliphatic rings. The van der Waals surface area contributed by atoms with Crippen molar-refractivity contribution in [1.29, 1.82) is 0 Å². The first-order valence-corrected chi connectivity index (χ1v) is 11.5. The Bertz CT molecular complexity index is 838. The fraction of sp³-hybridized carbons (Fsp3) is 0.824. The summed E-state index contributed by atoms with van der Waals surface area (Å²) in [6.45, 7) is 0.705. The molecule has 2 heterocycles. The van der Waals surface area contributed by atoms with Gasteiger partial charge < -0.3 is 5.32 Å². The molecule has 2 fully saturated rings. The molecule has 1 amide bonds. The van der Waals surface area contributed by atoms with Gasteiger partial charge in [-0.25, -0.2) is 22.2 Å². The van der Waals surface area contributed by atoms with E-state index in [9.17, 15) is 18.0 Å². The van der Waals surface area contributed by atoms with Crippen LogP contribution in [0.1, 0.15) is 56.7 Å². The average Bonchev–Trinajstić information content (AvgIpc) is 2.90. The zero-order valence-corrected chi connectivity index (χ0v) is 16.9. The number of carbonyl (C=O) groups excluding carboxylic acids is 1. The Morgan fingerprint density at radius 3 is 2.56 bits per heavy atom. The van der Waals surface area contributed by atoms with Crippen molar-refractivity contribution < 1.29 is 13.2 Å². The van der Waals surface area contributed by atoms with Gasteiger partial charge in [0, 0.05) is 32.1 Å². The Hall–Kier alpha value is -1.68. The number of carbonyl (C=O) groups is 1. The third kappa shape index (κ3) is 4.78. The van der Waals surface area contributed by atoms with Crippen molar-refractivity contribution in [2.24, 2.45) is 7.05 Å². The highest BCUT2D eigenvalue weighted by atomic mass is 32.2. The highest BCUT2D eigenvalue weighted by Gasteiger charge is 2.30. The van der Waals surface area contributed by atoms with Gasteiger partial charge in [0.15, 0.2) is 0 Å². The second-order valence-corrected chi connectivity index (χ2v) is 9.70. The number of sulfonamides is 1. The summed E-state index contributed by atoms with van der Waals surface area (Å²) in [6.07, 6.45) is 8.11. The van der Waals surface area contributed by atoms with Crippen LogP contribution in [0.3, 0.4) is 0 Å². The molecule has 9 nitrogen and oxygen atoms in total. The number of nitrogens with one attached hydrogen (secondary N) is 1. The predicted octanol–water partition coefficient (Wildman–Crippen LogP) is 0.170. The molecule has 0 bridgehead atoms. The number of piperidine rings is 1. The van der Waals surface area contributed by atoms with E-state index in [1.54, 1.807) is 7.05 Å². The van der Waals surface area contributed by atoms with E-state index in [1.165, 1.54) is 26.2 Å². The lowest BCUT2D eigenvalue weighted by atomic mass is 9.95. The molecular formula is C17H29N5O4S. The fourth-order valence-corrected chi connectivity index (χ4v) is 4.99. The van der Waals surface area contributed by atoms with Gasteiger partial charge in [0.05, 0.1) is 6.26 Å². The highest BCUT2D eigenvalue weighted by Crippen LogP contribution is 2.26. The van der Waals surface area contributed by atoms with Crippen LogP contribution in [0.4, 0.5) is 0 Å². The van der Waals surface area contributed by atoms with Gasteiger partial charge in [-0.1, -0.05) is 19.3 Å². The van der Waals surface area contributed by atoms with Crippen LogP contribution < -0.4 is 11.0 Å². The summed E-state index contributed by atoms with van der Waals surface area (Å²) in [6, 6.07) is 0.187. The number of nitrogens with zero attached hydrogens (tertiary/aromatic N) is 4. The van der Waals surface area contributed by atoms with E-state index >= 15 is 0 Å². The third-order valence-corrected chi connectivity index (χ3v) is 6.83. The molecule has 1 atom stereocenters. The van der Waals surface area contributed by atoms with Gasteiger partial charge in [0.25, 0.3) is 0 Å². The van der Waals surface area contributed by atoms with Crippen molar-refractivity contribution in [3.8, 4) is 0 Å². The molecule has 10 heteroatoms. The summed E-state index contributed by atoms with van der Waals surface area (Å²) in [5.41, 5.74) is -0.347. The standard InChI is InChI=1S/C17H29N5O4S/c1-20-16(13-7-6-10-21(11-13)27(2,25)26)19-22(17(20)24)12-15(23)18-14-8-4-3-5-9-14/h13-14H,3-12H2,1-2H3,(H,18,23)/t13-/m1/s1. The van der Waals surface area contributed by atoms with Crippen LogP contribution >= 0.6 is 0 Å². The van der Waals surface area contributed by atoms with E-state index in [1.807, 2.05) is 0 Å². The summed E-state index contributed by atoms with van der Waals surface area (Å²) in [7, 11) is -1.65. The first kappa shape index (κ1) is 20.1. The summed E-state index contributed by atoms with van der Waals surface area (Å²) in [5.74, 6) is 0.197. The first-order chi connectivity index (χ1) is 12.8. The molecule has 1 aliphatic heterocycles. The quantitative estimate of drug-likeness (QED) is 0.760.